The largest absolute Gasteiger partial charge is 0.355 e. The van der Waals surface area contributed by atoms with E-state index in [4.69, 9.17) is 0 Å². The minimum atomic E-state index is -0.199. The van der Waals surface area contributed by atoms with Crippen LogP contribution in [-0.2, 0) is 9.59 Å². The van der Waals surface area contributed by atoms with E-state index >= 15 is 0 Å². The van der Waals surface area contributed by atoms with Crippen molar-refractivity contribution in [2.75, 3.05) is 13.1 Å². The maximum Gasteiger partial charge on any atom is 0.244 e. The van der Waals surface area contributed by atoms with Crippen molar-refractivity contribution < 1.29 is 9.59 Å². The Hall–Kier alpha value is -2.21. The number of aromatic nitrogens is 1. The van der Waals surface area contributed by atoms with Gasteiger partial charge in [-0.05, 0) is 18.2 Å². The second-order valence-electron chi connectivity index (χ2n) is 4.13. The molecule has 20 heavy (non-hydrogen) atoms. The van der Waals surface area contributed by atoms with Crippen molar-refractivity contribution in [1.29, 1.82) is 0 Å². The number of fused-ring (bicyclic) bond motifs is 1. The topological polar surface area (TPSA) is 71.1 Å². The number of para-hydroxylation sites is 1. The first-order valence-electron chi connectivity index (χ1n) is 6.21. The van der Waals surface area contributed by atoms with Gasteiger partial charge in [-0.1, -0.05) is 12.1 Å². The molecule has 1 aromatic carbocycles. The van der Waals surface area contributed by atoms with Crippen LogP contribution in [0.5, 0.6) is 0 Å². The number of thiazole rings is 1. The lowest BCUT2D eigenvalue weighted by molar-refractivity contribution is -0.119. The van der Waals surface area contributed by atoms with Gasteiger partial charge in [0.2, 0.25) is 11.8 Å². The summed E-state index contributed by atoms with van der Waals surface area (Å²) in [6, 6.07) is 7.83. The predicted molar refractivity (Wildman–Crippen MR) is 80.3 cm³/mol. The molecule has 2 amide bonds. The van der Waals surface area contributed by atoms with Crippen molar-refractivity contribution in [3.63, 3.8) is 0 Å². The van der Waals surface area contributed by atoms with Crippen LogP contribution in [0.25, 0.3) is 16.3 Å². The molecule has 2 rings (SSSR count). The van der Waals surface area contributed by atoms with Crippen LogP contribution in [0, 0.1) is 0 Å². The van der Waals surface area contributed by atoms with Crippen LogP contribution >= 0.6 is 11.3 Å². The average molecular weight is 289 g/mol. The average Bonchev–Trinajstić information content (AvgIpc) is 2.84. The fourth-order valence-electron chi connectivity index (χ4n) is 1.59. The highest BCUT2D eigenvalue weighted by atomic mass is 32.1. The van der Waals surface area contributed by atoms with Crippen LogP contribution in [0.15, 0.2) is 30.3 Å². The third-order valence-electron chi connectivity index (χ3n) is 2.49. The van der Waals surface area contributed by atoms with Crippen molar-refractivity contribution in [2.45, 2.75) is 6.92 Å². The minimum absolute atomic E-state index is 0.107. The number of hydrogen-bond donors (Lipinski definition) is 2. The number of carbonyl (C=O) groups is 2. The van der Waals surface area contributed by atoms with Crippen molar-refractivity contribution in [3.8, 4) is 0 Å². The van der Waals surface area contributed by atoms with Gasteiger partial charge < -0.3 is 10.6 Å². The maximum absolute atomic E-state index is 11.5. The molecule has 2 aromatic rings. The Labute approximate surface area is 120 Å². The molecule has 0 radical (unpaired) electrons. The standard InChI is InChI=1S/C14H15N3O2S/c1-10(18)15-8-9-16-13(19)6-7-14-17-11-4-2-3-5-12(11)20-14/h2-7H,8-9H2,1H3,(H,15,18)(H,16,19). The van der Waals surface area contributed by atoms with Gasteiger partial charge in [-0.3, -0.25) is 9.59 Å². The molecule has 1 heterocycles. The summed E-state index contributed by atoms with van der Waals surface area (Å²) in [7, 11) is 0. The lowest BCUT2D eigenvalue weighted by Crippen LogP contribution is -2.32. The first kappa shape index (κ1) is 14.2. The molecule has 0 aliphatic carbocycles. The van der Waals surface area contributed by atoms with Gasteiger partial charge in [-0.2, -0.15) is 0 Å². The number of hydrogen-bond acceptors (Lipinski definition) is 4. The Morgan fingerprint density at radius 1 is 1.25 bits per heavy atom. The molecule has 0 bridgehead atoms. The van der Waals surface area contributed by atoms with Crippen molar-refractivity contribution >= 4 is 39.4 Å². The third-order valence-corrected chi connectivity index (χ3v) is 3.49. The van der Waals surface area contributed by atoms with Gasteiger partial charge in [0.25, 0.3) is 0 Å². The Kier molecular flexibility index (Phi) is 4.84. The molecule has 0 saturated carbocycles. The second-order valence-corrected chi connectivity index (χ2v) is 5.19. The third kappa shape index (κ3) is 4.17. The van der Waals surface area contributed by atoms with Gasteiger partial charge in [-0.25, -0.2) is 4.98 Å². The monoisotopic (exact) mass is 289 g/mol. The summed E-state index contributed by atoms with van der Waals surface area (Å²) < 4.78 is 1.10. The van der Waals surface area contributed by atoms with E-state index in [1.807, 2.05) is 24.3 Å². The molecule has 0 saturated heterocycles. The molecule has 0 fully saturated rings. The molecule has 1 aromatic heterocycles. The molecule has 0 unspecified atom stereocenters. The van der Waals surface area contributed by atoms with Crippen LogP contribution in [-0.4, -0.2) is 29.9 Å². The zero-order chi connectivity index (χ0) is 14.4. The number of rotatable bonds is 5. The van der Waals surface area contributed by atoms with Crippen molar-refractivity contribution in [3.05, 3.63) is 35.3 Å². The first-order valence-corrected chi connectivity index (χ1v) is 7.03. The highest BCUT2D eigenvalue weighted by Crippen LogP contribution is 2.22. The highest BCUT2D eigenvalue weighted by molar-refractivity contribution is 7.19. The predicted octanol–water partition coefficient (Wildman–Crippen LogP) is 1.56. The quantitative estimate of drug-likeness (QED) is 0.648. The van der Waals surface area contributed by atoms with Crippen molar-refractivity contribution in [1.82, 2.24) is 15.6 Å². The van der Waals surface area contributed by atoms with E-state index in [0.717, 1.165) is 15.2 Å². The summed E-state index contributed by atoms with van der Waals surface area (Å²) in [5.41, 5.74) is 0.934. The molecule has 104 valence electrons. The summed E-state index contributed by atoms with van der Waals surface area (Å²) in [6.45, 7) is 2.27. The number of amides is 2. The Morgan fingerprint density at radius 2 is 2.00 bits per heavy atom. The fraction of sp³-hybridized carbons (Fsp3) is 0.214. The molecule has 6 heteroatoms. The second kappa shape index (κ2) is 6.81. The minimum Gasteiger partial charge on any atom is -0.355 e. The molecule has 5 nitrogen and oxygen atoms in total. The molecule has 0 spiro atoms. The molecule has 0 aliphatic heterocycles. The van der Waals surface area contributed by atoms with Gasteiger partial charge in [0.1, 0.15) is 5.01 Å². The van der Waals surface area contributed by atoms with Crippen LogP contribution in [0.2, 0.25) is 0 Å². The summed E-state index contributed by atoms with van der Waals surface area (Å²) in [6.07, 6.45) is 3.14. The van der Waals surface area contributed by atoms with E-state index in [0.29, 0.717) is 13.1 Å². The van der Waals surface area contributed by atoms with Gasteiger partial charge in [-0.15, -0.1) is 11.3 Å². The zero-order valence-electron chi connectivity index (χ0n) is 11.1. The number of benzene rings is 1. The normalized spacial score (nSPS) is 10.8. The van der Waals surface area contributed by atoms with E-state index in [1.165, 1.54) is 24.3 Å². The highest BCUT2D eigenvalue weighted by Gasteiger charge is 2.00. The van der Waals surface area contributed by atoms with Crippen molar-refractivity contribution in [2.24, 2.45) is 0 Å². The summed E-state index contributed by atoms with van der Waals surface area (Å²) in [5.74, 6) is -0.307. The summed E-state index contributed by atoms with van der Waals surface area (Å²) in [5, 5.41) is 6.08. The van der Waals surface area contributed by atoms with Crippen LogP contribution in [0.1, 0.15) is 11.9 Å². The van der Waals surface area contributed by atoms with Crippen LogP contribution < -0.4 is 10.6 Å². The smallest absolute Gasteiger partial charge is 0.244 e. The van der Waals surface area contributed by atoms with Gasteiger partial charge in [0.05, 0.1) is 10.2 Å². The molecule has 2 N–H and O–H groups in total. The van der Waals surface area contributed by atoms with Crippen LogP contribution in [0.4, 0.5) is 0 Å². The fourth-order valence-corrected chi connectivity index (χ4v) is 2.46. The molecular weight excluding hydrogens is 274 g/mol. The number of carbonyl (C=O) groups excluding carboxylic acids is 2. The lowest BCUT2D eigenvalue weighted by Gasteiger charge is -2.02. The zero-order valence-corrected chi connectivity index (χ0v) is 11.9. The van der Waals surface area contributed by atoms with E-state index in [1.54, 1.807) is 6.08 Å². The van der Waals surface area contributed by atoms with Gasteiger partial charge in [0.15, 0.2) is 0 Å². The number of nitrogens with one attached hydrogen (secondary N) is 2. The molecular formula is C14H15N3O2S. The van der Waals surface area contributed by atoms with E-state index < -0.39 is 0 Å². The summed E-state index contributed by atoms with van der Waals surface area (Å²) >= 11 is 1.54. The van der Waals surface area contributed by atoms with Crippen LogP contribution in [0.3, 0.4) is 0 Å². The van der Waals surface area contributed by atoms with Gasteiger partial charge >= 0.3 is 0 Å². The van der Waals surface area contributed by atoms with E-state index in [9.17, 15) is 9.59 Å². The van der Waals surface area contributed by atoms with Gasteiger partial charge in [0, 0.05) is 26.1 Å². The molecule has 0 aliphatic rings. The Morgan fingerprint density at radius 3 is 2.75 bits per heavy atom. The van der Waals surface area contributed by atoms with E-state index in [2.05, 4.69) is 15.6 Å². The SMILES string of the molecule is CC(=O)NCCNC(=O)C=Cc1nc2ccccc2s1. The summed E-state index contributed by atoms with van der Waals surface area (Å²) in [4.78, 5) is 26.6. The molecule has 0 atom stereocenters. The number of nitrogens with zero attached hydrogens (tertiary/aromatic N) is 1. The lowest BCUT2D eigenvalue weighted by atomic mass is 10.3. The Balaban J connectivity index is 1.85. The Bertz CT molecular complexity index is 616. The maximum atomic E-state index is 11.5. The first-order chi connectivity index (χ1) is 9.65. The van der Waals surface area contributed by atoms with E-state index in [-0.39, 0.29) is 11.8 Å².